The summed E-state index contributed by atoms with van der Waals surface area (Å²) in [6.45, 7) is 2.43. The lowest BCUT2D eigenvalue weighted by Crippen LogP contribution is -2.34. The van der Waals surface area contributed by atoms with Crippen LogP contribution in [-0.2, 0) is 4.74 Å². The third-order valence-corrected chi connectivity index (χ3v) is 3.99. The van der Waals surface area contributed by atoms with Gasteiger partial charge in [0, 0.05) is 24.8 Å². The van der Waals surface area contributed by atoms with Gasteiger partial charge >= 0.3 is 0 Å². The van der Waals surface area contributed by atoms with Gasteiger partial charge in [0.2, 0.25) is 0 Å². The number of nitrogens with two attached hydrogens (primary N) is 1. The van der Waals surface area contributed by atoms with Crippen molar-refractivity contribution < 1.29 is 13.5 Å². The van der Waals surface area contributed by atoms with Crippen LogP contribution in [-0.4, -0.2) is 37.7 Å². The maximum atomic E-state index is 13.7. The SMILES string of the molecule is CN(CCC(N)c1cccc(F)c1F)CC1CCCCO1. The largest absolute Gasteiger partial charge is 0.377 e. The number of ether oxygens (including phenoxy) is 1. The first-order valence-electron chi connectivity index (χ1n) is 7.57. The first kappa shape index (κ1) is 16.3. The summed E-state index contributed by atoms with van der Waals surface area (Å²) in [4.78, 5) is 2.15. The van der Waals surface area contributed by atoms with Crippen LogP contribution in [0.25, 0.3) is 0 Å². The zero-order valence-electron chi connectivity index (χ0n) is 12.5. The van der Waals surface area contributed by atoms with E-state index < -0.39 is 17.7 Å². The standard InChI is InChI=1S/C16H24F2N2O/c1-20(11-12-5-2-3-10-21-12)9-8-15(19)13-6-4-7-14(17)16(13)18/h4,6-7,12,15H,2-3,5,8-11,19H2,1H3. The van der Waals surface area contributed by atoms with Gasteiger partial charge in [-0.3, -0.25) is 0 Å². The normalized spacial score (nSPS) is 20.7. The van der Waals surface area contributed by atoms with Crippen molar-refractivity contribution in [3.05, 3.63) is 35.4 Å². The van der Waals surface area contributed by atoms with Crippen LogP contribution in [0, 0.1) is 11.6 Å². The molecule has 118 valence electrons. The summed E-state index contributed by atoms with van der Waals surface area (Å²) in [6, 6.07) is 3.66. The summed E-state index contributed by atoms with van der Waals surface area (Å²) in [5.41, 5.74) is 6.23. The number of halogens is 2. The highest BCUT2D eigenvalue weighted by Gasteiger charge is 2.18. The second kappa shape index (κ2) is 7.82. The third-order valence-electron chi connectivity index (χ3n) is 3.99. The Morgan fingerprint density at radius 1 is 1.38 bits per heavy atom. The summed E-state index contributed by atoms with van der Waals surface area (Å²) in [7, 11) is 2.01. The number of likely N-dealkylation sites (N-methyl/N-ethyl adjacent to an activating group) is 1. The molecule has 1 aromatic rings. The van der Waals surface area contributed by atoms with Gasteiger partial charge < -0.3 is 15.4 Å². The molecule has 1 aliphatic heterocycles. The molecule has 2 atom stereocenters. The molecule has 1 saturated heterocycles. The van der Waals surface area contributed by atoms with E-state index in [-0.39, 0.29) is 11.7 Å². The number of hydrogen-bond donors (Lipinski definition) is 1. The van der Waals surface area contributed by atoms with Crippen LogP contribution in [0.5, 0.6) is 0 Å². The van der Waals surface area contributed by atoms with E-state index in [1.54, 1.807) is 6.07 Å². The summed E-state index contributed by atoms with van der Waals surface area (Å²) in [5, 5.41) is 0. The van der Waals surface area contributed by atoms with Gasteiger partial charge in [-0.15, -0.1) is 0 Å². The van der Waals surface area contributed by atoms with Crippen LogP contribution in [0.1, 0.15) is 37.3 Å². The minimum absolute atomic E-state index is 0.248. The van der Waals surface area contributed by atoms with Crippen molar-refractivity contribution in [3.8, 4) is 0 Å². The van der Waals surface area contributed by atoms with Crippen molar-refractivity contribution in [3.63, 3.8) is 0 Å². The molecule has 2 rings (SSSR count). The van der Waals surface area contributed by atoms with Gasteiger partial charge in [-0.25, -0.2) is 8.78 Å². The topological polar surface area (TPSA) is 38.5 Å². The van der Waals surface area contributed by atoms with Gasteiger partial charge in [0.05, 0.1) is 6.10 Å². The molecule has 3 nitrogen and oxygen atoms in total. The first-order valence-corrected chi connectivity index (χ1v) is 7.57. The Morgan fingerprint density at radius 2 is 2.19 bits per heavy atom. The Morgan fingerprint density at radius 3 is 2.90 bits per heavy atom. The third kappa shape index (κ3) is 4.73. The summed E-state index contributed by atoms with van der Waals surface area (Å²) >= 11 is 0. The smallest absolute Gasteiger partial charge is 0.163 e. The second-order valence-corrected chi connectivity index (χ2v) is 5.79. The fourth-order valence-electron chi connectivity index (χ4n) is 2.71. The molecule has 2 N–H and O–H groups in total. The molecule has 0 saturated carbocycles. The molecule has 0 aliphatic carbocycles. The number of nitrogens with zero attached hydrogens (tertiary/aromatic N) is 1. The zero-order valence-corrected chi connectivity index (χ0v) is 12.5. The molecule has 0 aromatic heterocycles. The van der Waals surface area contributed by atoms with Crippen molar-refractivity contribution in [2.75, 3.05) is 26.7 Å². The maximum absolute atomic E-state index is 13.7. The highest BCUT2D eigenvalue weighted by molar-refractivity contribution is 5.22. The van der Waals surface area contributed by atoms with E-state index in [2.05, 4.69) is 4.90 Å². The van der Waals surface area contributed by atoms with Gasteiger partial charge in [-0.05, 0) is 45.3 Å². The van der Waals surface area contributed by atoms with Gasteiger partial charge in [-0.2, -0.15) is 0 Å². The van der Waals surface area contributed by atoms with Gasteiger partial charge in [0.25, 0.3) is 0 Å². The first-order chi connectivity index (χ1) is 10.1. The Bertz CT molecular complexity index is 450. The monoisotopic (exact) mass is 298 g/mol. The van der Waals surface area contributed by atoms with Crippen molar-refractivity contribution in [1.29, 1.82) is 0 Å². The Balaban J connectivity index is 1.80. The van der Waals surface area contributed by atoms with E-state index >= 15 is 0 Å². The van der Waals surface area contributed by atoms with Gasteiger partial charge in [0.15, 0.2) is 11.6 Å². The summed E-state index contributed by atoms with van der Waals surface area (Å²) in [6.07, 6.45) is 4.32. The van der Waals surface area contributed by atoms with Gasteiger partial charge in [0.1, 0.15) is 0 Å². The van der Waals surface area contributed by atoms with E-state index in [1.807, 2.05) is 7.05 Å². The molecule has 0 bridgehead atoms. The fourth-order valence-corrected chi connectivity index (χ4v) is 2.71. The van der Waals surface area contributed by atoms with Crippen LogP contribution >= 0.6 is 0 Å². The van der Waals surface area contributed by atoms with Crippen molar-refractivity contribution in [2.45, 2.75) is 37.8 Å². The molecule has 0 amide bonds. The quantitative estimate of drug-likeness (QED) is 0.877. The van der Waals surface area contributed by atoms with Crippen LogP contribution in [0.2, 0.25) is 0 Å². The van der Waals surface area contributed by atoms with E-state index in [0.717, 1.165) is 38.6 Å². The minimum atomic E-state index is -0.841. The van der Waals surface area contributed by atoms with E-state index in [0.29, 0.717) is 6.42 Å². The Labute approximate surface area is 125 Å². The van der Waals surface area contributed by atoms with Crippen molar-refractivity contribution in [1.82, 2.24) is 4.90 Å². The fraction of sp³-hybridized carbons (Fsp3) is 0.625. The van der Waals surface area contributed by atoms with Crippen LogP contribution in [0.4, 0.5) is 8.78 Å². The van der Waals surface area contributed by atoms with Gasteiger partial charge in [-0.1, -0.05) is 12.1 Å². The number of benzene rings is 1. The predicted octanol–water partition coefficient (Wildman–Crippen LogP) is 2.86. The average molecular weight is 298 g/mol. The molecule has 2 unspecified atom stereocenters. The molecule has 0 radical (unpaired) electrons. The molecular weight excluding hydrogens is 274 g/mol. The minimum Gasteiger partial charge on any atom is -0.377 e. The highest BCUT2D eigenvalue weighted by Crippen LogP contribution is 2.20. The van der Waals surface area contributed by atoms with Crippen molar-refractivity contribution >= 4 is 0 Å². The predicted molar refractivity (Wildman–Crippen MR) is 79.0 cm³/mol. The molecule has 1 heterocycles. The van der Waals surface area contributed by atoms with E-state index in [9.17, 15) is 8.78 Å². The second-order valence-electron chi connectivity index (χ2n) is 5.79. The summed E-state index contributed by atoms with van der Waals surface area (Å²) < 4.78 is 32.5. The van der Waals surface area contributed by atoms with E-state index in [1.165, 1.54) is 12.5 Å². The molecule has 1 fully saturated rings. The van der Waals surface area contributed by atoms with Crippen LogP contribution < -0.4 is 5.73 Å². The van der Waals surface area contributed by atoms with Crippen LogP contribution in [0.3, 0.4) is 0 Å². The lowest BCUT2D eigenvalue weighted by Gasteiger charge is -2.28. The Hall–Kier alpha value is -1.04. The Kier molecular flexibility index (Phi) is 6.08. The molecule has 0 spiro atoms. The molecule has 5 heteroatoms. The lowest BCUT2D eigenvalue weighted by atomic mass is 10.0. The van der Waals surface area contributed by atoms with Crippen molar-refractivity contribution in [2.24, 2.45) is 5.73 Å². The molecule has 1 aliphatic rings. The zero-order chi connectivity index (χ0) is 15.2. The van der Waals surface area contributed by atoms with Crippen LogP contribution in [0.15, 0.2) is 18.2 Å². The maximum Gasteiger partial charge on any atom is 0.163 e. The molecule has 21 heavy (non-hydrogen) atoms. The average Bonchev–Trinajstić information content (AvgIpc) is 2.48. The highest BCUT2D eigenvalue weighted by atomic mass is 19.2. The lowest BCUT2D eigenvalue weighted by molar-refractivity contribution is -0.00176. The molecular formula is C16H24F2N2O. The summed E-state index contributed by atoms with van der Waals surface area (Å²) in [5.74, 6) is -1.67. The van der Waals surface area contributed by atoms with E-state index in [4.69, 9.17) is 10.5 Å². The number of rotatable bonds is 6. The molecule has 1 aromatic carbocycles. The number of hydrogen-bond acceptors (Lipinski definition) is 3.